The van der Waals surface area contributed by atoms with E-state index in [4.69, 9.17) is 5.26 Å². The molecule has 3 heterocycles. The van der Waals surface area contributed by atoms with Crippen LogP contribution in [-0.2, 0) is 11.2 Å². The van der Waals surface area contributed by atoms with Gasteiger partial charge in [-0.3, -0.25) is 9.78 Å². The Morgan fingerprint density at radius 1 is 1.48 bits per heavy atom. The summed E-state index contributed by atoms with van der Waals surface area (Å²) in [5, 5.41) is 12.2. The van der Waals surface area contributed by atoms with Gasteiger partial charge in [0.2, 0.25) is 5.91 Å². The van der Waals surface area contributed by atoms with E-state index in [1.54, 1.807) is 17.3 Å². The Labute approximate surface area is 147 Å². The zero-order chi connectivity index (χ0) is 17.6. The van der Waals surface area contributed by atoms with Gasteiger partial charge in [0.15, 0.2) is 0 Å². The van der Waals surface area contributed by atoms with Gasteiger partial charge in [-0.1, -0.05) is 0 Å². The van der Waals surface area contributed by atoms with Crippen LogP contribution in [0.4, 0.5) is 0 Å². The zero-order valence-electron chi connectivity index (χ0n) is 14.3. The highest BCUT2D eigenvalue weighted by Gasteiger charge is 2.27. The molecule has 0 spiro atoms. The summed E-state index contributed by atoms with van der Waals surface area (Å²) in [6.07, 6.45) is 5.92. The molecular formula is C18H22N6O. The van der Waals surface area contributed by atoms with E-state index in [0.29, 0.717) is 13.1 Å². The molecule has 2 aromatic rings. The molecular weight excluding hydrogens is 316 g/mol. The van der Waals surface area contributed by atoms with E-state index >= 15 is 0 Å². The Kier molecular flexibility index (Phi) is 5.41. The first-order chi connectivity index (χ1) is 12.2. The number of amides is 1. The number of carbonyl (C=O) groups is 1. The van der Waals surface area contributed by atoms with Crippen molar-refractivity contribution in [2.24, 2.45) is 0 Å². The fourth-order valence-corrected chi connectivity index (χ4v) is 3.09. The fraction of sp³-hybridized carbons (Fsp3) is 0.444. The van der Waals surface area contributed by atoms with E-state index in [9.17, 15) is 4.79 Å². The Hall–Kier alpha value is -2.72. The highest BCUT2D eigenvalue weighted by molar-refractivity contribution is 5.79. The standard InChI is InChI=1S/C18H22N6O/c1-13-16(23-18(22-13)14-4-7-20-8-5-14)6-9-21-12-17(25)24-10-2-3-15(24)11-19/h4-5,7-8,15,21H,2-3,6,9-10,12H2,1H3,(H,22,23)/t15-/m0/s1. The number of carbonyl (C=O) groups excluding carboxylic acids is 1. The number of aromatic nitrogens is 3. The Morgan fingerprint density at radius 3 is 3.04 bits per heavy atom. The highest BCUT2D eigenvalue weighted by Crippen LogP contribution is 2.17. The van der Waals surface area contributed by atoms with E-state index in [1.807, 2.05) is 19.1 Å². The maximum Gasteiger partial charge on any atom is 0.237 e. The Morgan fingerprint density at radius 2 is 2.28 bits per heavy atom. The number of hydrogen-bond donors (Lipinski definition) is 2. The average molecular weight is 338 g/mol. The van der Waals surface area contributed by atoms with Gasteiger partial charge in [0.25, 0.3) is 0 Å². The minimum Gasteiger partial charge on any atom is -0.342 e. The summed E-state index contributed by atoms with van der Waals surface area (Å²) in [7, 11) is 0. The molecule has 2 aromatic heterocycles. The molecule has 25 heavy (non-hydrogen) atoms. The van der Waals surface area contributed by atoms with Crippen LogP contribution in [0.1, 0.15) is 24.2 Å². The number of nitrogens with zero attached hydrogens (tertiary/aromatic N) is 4. The monoisotopic (exact) mass is 338 g/mol. The average Bonchev–Trinajstić information content (AvgIpc) is 3.26. The Balaban J connectivity index is 1.49. The SMILES string of the molecule is Cc1[nH]c(-c2ccncc2)nc1CCNCC(=O)N1CCC[C@H]1C#N. The molecule has 0 aromatic carbocycles. The van der Waals surface area contributed by atoms with E-state index in [2.05, 4.69) is 26.3 Å². The molecule has 7 heteroatoms. The van der Waals surface area contributed by atoms with Gasteiger partial charge in [-0.2, -0.15) is 5.26 Å². The summed E-state index contributed by atoms with van der Waals surface area (Å²) in [5.41, 5.74) is 3.02. The van der Waals surface area contributed by atoms with Gasteiger partial charge < -0.3 is 15.2 Å². The summed E-state index contributed by atoms with van der Waals surface area (Å²) in [6, 6.07) is 5.77. The predicted molar refractivity (Wildman–Crippen MR) is 93.5 cm³/mol. The van der Waals surface area contributed by atoms with Crippen LogP contribution in [0.25, 0.3) is 11.4 Å². The second kappa shape index (κ2) is 7.90. The van der Waals surface area contributed by atoms with Crippen LogP contribution in [0.3, 0.4) is 0 Å². The number of H-pyrrole nitrogens is 1. The van der Waals surface area contributed by atoms with Crippen LogP contribution in [0.2, 0.25) is 0 Å². The minimum absolute atomic E-state index is 0.000254. The van der Waals surface area contributed by atoms with Crippen molar-refractivity contribution >= 4 is 5.91 Å². The second-order valence-electron chi connectivity index (χ2n) is 6.19. The van der Waals surface area contributed by atoms with Gasteiger partial charge >= 0.3 is 0 Å². The molecule has 0 saturated carbocycles. The zero-order valence-corrected chi connectivity index (χ0v) is 14.3. The number of aromatic amines is 1. The van der Waals surface area contributed by atoms with Gasteiger partial charge in [0, 0.05) is 43.2 Å². The smallest absolute Gasteiger partial charge is 0.237 e. The van der Waals surface area contributed by atoms with Crippen molar-refractivity contribution in [3.8, 4) is 17.5 Å². The molecule has 0 radical (unpaired) electrons. The first kappa shape index (κ1) is 17.1. The van der Waals surface area contributed by atoms with Gasteiger partial charge in [0.05, 0.1) is 18.3 Å². The number of pyridine rings is 1. The molecule has 0 unspecified atom stereocenters. The van der Waals surface area contributed by atoms with Crippen molar-refractivity contribution in [2.45, 2.75) is 32.2 Å². The lowest BCUT2D eigenvalue weighted by atomic mass is 10.2. The largest absolute Gasteiger partial charge is 0.342 e. The van der Waals surface area contributed by atoms with Crippen LogP contribution in [0.5, 0.6) is 0 Å². The van der Waals surface area contributed by atoms with E-state index < -0.39 is 0 Å². The Bertz CT molecular complexity index is 764. The van der Waals surface area contributed by atoms with Crippen molar-refractivity contribution in [1.29, 1.82) is 5.26 Å². The van der Waals surface area contributed by atoms with Crippen LogP contribution in [0.15, 0.2) is 24.5 Å². The maximum atomic E-state index is 12.2. The summed E-state index contributed by atoms with van der Waals surface area (Å²) in [5.74, 6) is 0.833. The highest BCUT2D eigenvalue weighted by atomic mass is 16.2. The van der Waals surface area contributed by atoms with E-state index in [-0.39, 0.29) is 18.5 Å². The number of aryl methyl sites for hydroxylation is 1. The van der Waals surface area contributed by atoms with Crippen LogP contribution in [0, 0.1) is 18.3 Å². The third-order valence-corrected chi connectivity index (χ3v) is 4.48. The fourth-order valence-electron chi connectivity index (χ4n) is 3.09. The van der Waals surface area contributed by atoms with Gasteiger partial charge in [-0.25, -0.2) is 4.98 Å². The van der Waals surface area contributed by atoms with E-state index in [1.165, 1.54) is 0 Å². The number of hydrogen-bond acceptors (Lipinski definition) is 5. The maximum absolute atomic E-state index is 12.2. The topological polar surface area (TPSA) is 97.7 Å². The molecule has 7 nitrogen and oxygen atoms in total. The van der Waals surface area contributed by atoms with Crippen molar-refractivity contribution in [2.75, 3.05) is 19.6 Å². The van der Waals surface area contributed by atoms with E-state index in [0.717, 1.165) is 42.0 Å². The number of nitriles is 1. The molecule has 1 saturated heterocycles. The summed E-state index contributed by atoms with van der Waals surface area (Å²) >= 11 is 0. The van der Waals surface area contributed by atoms with Gasteiger partial charge in [0.1, 0.15) is 11.9 Å². The summed E-state index contributed by atoms with van der Waals surface area (Å²) in [4.78, 5) is 25.8. The first-order valence-corrected chi connectivity index (χ1v) is 8.54. The molecule has 0 bridgehead atoms. The van der Waals surface area contributed by atoms with Crippen molar-refractivity contribution in [1.82, 2.24) is 25.2 Å². The molecule has 1 fully saturated rings. The van der Waals surface area contributed by atoms with Crippen LogP contribution < -0.4 is 5.32 Å². The third-order valence-electron chi connectivity index (χ3n) is 4.48. The molecule has 2 N–H and O–H groups in total. The molecule has 3 rings (SSSR count). The van der Waals surface area contributed by atoms with Crippen molar-refractivity contribution in [3.63, 3.8) is 0 Å². The molecule has 0 aliphatic carbocycles. The first-order valence-electron chi connectivity index (χ1n) is 8.54. The third kappa shape index (κ3) is 4.03. The lowest BCUT2D eigenvalue weighted by molar-refractivity contribution is -0.130. The number of likely N-dealkylation sites (tertiary alicyclic amines) is 1. The molecule has 130 valence electrons. The lowest BCUT2D eigenvalue weighted by Gasteiger charge is -2.19. The number of rotatable bonds is 6. The molecule has 1 amide bonds. The van der Waals surface area contributed by atoms with Gasteiger partial charge in [-0.15, -0.1) is 0 Å². The van der Waals surface area contributed by atoms with Crippen molar-refractivity contribution in [3.05, 3.63) is 35.9 Å². The van der Waals surface area contributed by atoms with Crippen LogP contribution >= 0.6 is 0 Å². The molecule has 1 aliphatic heterocycles. The summed E-state index contributed by atoms with van der Waals surface area (Å²) < 4.78 is 0. The van der Waals surface area contributed by atoms with Gasteiger partial charge in [-0.05, 0) is 31.9 Å². The number of imidazole rings is 1. The number of nitrogens with one attached hydrogen (secondary N) is 2. The molecule has 1 aliphatic rings. The summed E-state index contributed by atoms with van der Waals surface area (Å²) in [6.45, 7) is 3.61. The normalized spacial score (nSPS) is 16.8. The lowest BCUT2D eigenvalue weighted by Crippen LogP contribution is -2.41. The van der Waals surface area contributed by atoms with Crippen molar-refractivity contribution < 1.29 is 4.79 Å². The van der Waals surface area contributed by atoms with Crippen LogP contribution in [-0.4, -0.2) is 51.4 Å². The second-order valence-corrected chi connectivity index (χ2v) is 6.19. The quantitative estimate of drug-likeness (QED) is 0.777. The molecule has 1 atom stereocenters. The predicted octanol–water partition coefficient (Wildman–Crippen LogP) is 1.43. The minimum atomic E-state index is -0.259.